The van der Waals surface area contributed by atoms with Gasteiger partial charge in [0.15, 0.2) is 0 Å². The van der Waals surface area contributed by atoms with Crippen LogP contribution in [0.1, 0.15) is 91.2 Å². The Morgan fingerprint density at radius 3 is 1.58 bits per heavy atom. The van der Waals surface area contributed by atoms with Gasteiger partial charge in [0, 0.05) is 0 Å². The first-order valence-electron chi connectivity index (χ1n) is 12.5. The third-order valence-corrected chi connectivity index (χ3v) is 7.71. The average Bonchev–Trinajstić information content (AvgIpc) is 3.44. The van der Waals surface area contributed by atoms with Gasteiger partial charge in [0.1, 0.15) is 0 Å². The van der Waals surface area contributed by atoms with Crippen molar-refractivity contribution in [3.05, 3.63) is 77.9 Å². The summed E-state index contributed by atoms with van der Waals surface area (Å²) in [5.74, 6) is 0. The zero-order valence-electron chi connectivity index (χ0n) is 21.5. The van der Waals surface area contributed by atoms with Crippen LogP contribution in [0.5, 0.6) is 0 Å². The van der Waals surface area contributed by atoms with Gasteiger partial charge in [-0.3, -0.25) is 6.08 Å². The fraction of sp³-hybridized carbons (Fsp3) is 0.438. The van der Waals surface area contributed by atoms with Crippen molar-refractivity contribution >= 4 is 24.8 Å². The van der Waals surface area contributed by atoms with E-state index in [1.165, 1.54) is 64.8 Å². The van der Waals surface area contributed by atoms with Crippen molar-refractivity contribution < 1.29 is 24.2 Å². The molecule has 0 heterocycles. The van der Waals surface area contributed by atoms with Crippen molar-refractivity contribution in [3.63, 3.8) is 0 Å². The van der Waals surface area contributed by atoms with Gasteiger partial charge in [-0.25, -0.2) is 12.2 Å². The van der Waals surface area contributed by atoms with Crippen molar-refractivity contribution in [2.75, 3.05) is 0 Å². The van der Waals surface area contributed by atoms with E-state index in [4.69, 9.17) is 0 Å². The number of rotatable bonds is 0. The van der Waals surface area contributed by atoms with E-state index in [-0.39, 0.29) is 10.8 Å². The first-order valence-corrected chi connectivity index (χ1v) is 13.7. The van der Waals surface area contributed by atoms with Crippen molar-refractivity contribution in [2.45, 2.75) is 90.9 Å². The molecule has 33 heavy (non-hydrogen) atoms. The average molecular weight is 516 g/mol. The first-order chi connectivity index (χ1) is 15.6. The van der Waals surface area contributed by atoms with E-state index in [0.29, 0.717) is 0 Å². The molecule has 3 aromatic rings. The SMILES string of the molecule is CC(C)(C)c1ccc2[cH-]c3ccc(C(C)(C)C)cc3c2c1.[C-]1=CC=CC1.[Zr+2]=[C]1CCCCC1. The van der Waals surface area contributed by atoms with Crippen LogP contribution < -0.4 is 0 Å². The third kappa shape index (κ3) is 7.52. The predicted molar refractivity (Wildman–Crippen MR) is 144 cm³/mol. The van der Waals surface area contributed by atoms with Crippen molar-refractivity contribution in [3.8, 4) is 0 Å². The van der Waals surface area contributed by atoms with E-state index in [0.717, 1.165) is 6.42 Å². The molecular weight excluding hydrogens is 476 g/mol. The van der Waals surface area contributed by atoms with Crippen LogP contribution in [0.25, 0.3) is 21.5 Å². The van der Waals surface area contributed by atoms with E-state index in [1.807, 2.05) is 12.2 Å². The summed E-state index contributed by atoms with van der Waals surface area (Å²) in [6.45, 7) is 13.7. The number of benzene rings is 2. The fourth-order valence-corrected chi connectivity index (χ4v) is 5.12. The van der Waals surface area contributed by atoms with Crippen molar-refractivity contribution in [1.82, 2.24) is 0 Å². The normalized spacial score (nSPS) is 15.9. The summed E-state index contributed by atoms with van der Waals surface area (Å²) in [5, 5.41) is 5.49. The summed E-state index contributed by atoms with van der Waals surface area (Å²) in [4.78, 5) is 0. The zero-order valence-corrected chi connectivity index (χ0v) is 24.0. The maximum atomic E-state index is 2.99. The topological polar surface area (TPSA) is 0 Å². The molecule has 0 radical (unpaired) electrons. The second-order valence-corrected chi connectivity index (χ2v) is 13.2. The quantitative estimate of drug-likeness (QED) is 0.262. The Morgan fingerprint density at radius 1 is 0.758 bits per heavy atom. The van der Waals surface area contributed by atoms with Crippen molar-refractivity contribution in [2.24, 2.45) is 0 Å². The summed E-state index contributed by atoms with van der Waals surface area (Å²) in [7, 11) is 0. The van der Waals surface area contributed by atoms with E-state index >= 15 is 0 Å². The molecule has 1 saturated carbocycles. The Labute approximate surface area is 216 Å². The van der Waals surface area contributed by atoms with Gasteiger partial charge in [0.2, 0.25) is 0 Å². The first kappa shape index (κ1) is 26.2. The van der Waals surface area contributed by atoms with Gasteiger partial charge in [-0.2, -0.15) is 6.08 Å². The Bertz CT molecular complexity index is 1050. The van der Waals surface area contributed by atoms with Gasteiger partial charge in [0.25, 0.3) is 0 Å². The molecule has 0 N–H and O–H groups in total. The van der Waals surface area contributed by atoms with Crippen LogP contribution in [-0.4, -0.2) is 3.21 Å². The van der Waals surface area contributed by atoms with Gasteiger partial charge < -0.3 is 0 Å². The molecule has 0 atom stereocenters. The van der Waals surface area contributed by atoms with Crippen LogP contribution in [0.4, 0.5) is 0 Å². The molecular formula is C32H40Zr. The molecule has 0 nitrogen and oxygen atoms in total. The molecule has 2 aliphatic rings. The predicted octanol–water partition coefficient (Wildman–Crippen LogP) is 9.28. The molecule has 0 saturated heterocycles. The summed E-state index contributed by atoms with van der Waals surface area (Å²) in [5.41, 5.74) is 3.20. The van der Waals surface area contributed by atoms with Crippen LogP contribution in [0.3, 0.4) is 0 Å². The summed E-state index contributed by atoms with van der Waals surface area (Å²) >= 11 is 1.69. The molecule has 5 rings (SSSR count). The maximum absolute atomic E-state index is 2.99. The van der Waals surface area contributed by atoms with Gasteiger partial charge in [0.05, 0.1) is 0 Å². The van der Waals surface area contributed by atoms with E-state index in [2.05, 4.69) is 96.2 Å². The molecule has 0 amide bonds. The van der Waals surface area contributed by atoms with Gasteiger partial charge in [-0.1, -0.05) is 76.9 Å². The molecule has 0 aliphatic heterocycles. The van der Waals surface area contributed by atoms with E-state index in [9.17, 15) is 0 Å². The minimum absolute atomic E-state index is 0.194. The Hall–Kier alpha value is -1.46. The monoisotopic (exact) mass is 514 g/mol. The Kier molecular flexibility index (Phi) is 8.97. The minimum atomic E-state index is 0.194. The molecule has 1 heteroatoms. The number of allylic oxidation sites excluding steroid dienone is 4. The summed E-state index contributed by atoms with van der Waals surface area (Å²) in [6.07, 6.45) is 17.3. The van der Waals surface area contributed by atoms with Crippen LogP contribution in [-0.2, 0) is 35.1 Å². The molecule has 2 aliphatic carbocycles. The molecule has 0 spiro atoms. The second kappa shape index (κ2) is 11.3. The van der Waals surface area contributed by atoms with Crippen LogP contribution in [0.15, 0.2) is 60.7 Å². The van der Waals surface area contributed by atoms with Gasteiger partial charge >= 0.3 is 59.5 Å². The number of hydrogen-bond acceptors (Lipinski definition) is 0. The standard InChI is InChI=1S/C21H25.C6H10.C5H5.Zr/c1-20(2,3)16-9-7-14-11-15-8-10-17(21(4,5)6)13-19(15)18(14)12-16;1-2-4-6-5-3-1;1-2-4-5-3-1;/h7-13H,1-6H3;1-5H2;1-3H,4H2;/q-1;;-1;+2. The molecule has 0 unspecified atom stereocenters. The second-order valence-electron chi connectivity index (χ2n) is 11.4. The number of fused-ring (bicyclic) bond motifs is 3. The summed E-state index contributed by atoms with van der Waals surface area (Å²) < 4.78 is 1.80. The summed E-state index contributed by atoms with van der Waals surface area (Å²) in [6, 6.07) is 16.1. The van der Waals surface area contributed by atoms with Crippen LogP contribution in [0.2, 0.25) is 0 Å². The number of hydrogen-bond donors (Lipinski definition) is 0. The zero-order chi connectivity index (χ0) is 24.1. The van der Waals surface area contributed by atoms with E-state index in [1.54, 1.807) is 27.4 Å². The fourth-order valence-electron chi connectivity index (χ4n) is 4.25. The van der Waals surface area contributed by atoms with E-state index < -0.39 is 0 Å². The third-order valence-electron chi connectivity index (χ3n) is 6.48. The molecule has 172 valence electrons. The van der Waals surface area contributed by atoms with Gasteiger partial charge in [-0.15, -0.1) is 46.2 Å². The van der Waals surface area contributed by atoms with Crippen LogP contribution >= 0.6 is 0 Å². The molecule has 1 fully saturated rings. The molecule has 0 aromatic heterocycles. The van der Waals surface area contributed by atoms with Gasteiger partial charge in [-0.05, 0) is 10.8 Å². The van der Waals surface area contributed by atoms with Crippen molar-refractivity contribution in [1.29, 1.82) is 0 Å². The Balaban J connectivity index is 0.000000207. The molecule has 3 aromatic carbocycles. The Morgan fingerprint density at radius 2 is 1.27 bits per heavy atom. The van der Waals surface area contributed by atoms with Crippen LogP contribution in [0, 0.1) is 6.08 Å². The molecule has 0 bridgehead atoms.